The van der Waals surface area contributed by atoms with Crippen molar-refractivity contribution in [1.82, 2.24) is 9.78 Å². The van der Waals surface area contributed by atoms with Crippen LogP contribution in [-0.4, -0.2) is 9.78 Å². The zero-order valence-electron chi connectivity index (χ0n) is 8.27. The third-order valence-corrected chi connectivity index (χ3v) is 2.05. The number of hydrogen-bond acceptors (Lipinski definition) is 3. The zero-order chi connectivity index (χ0) is 9.97. The molecule has 74 valence electrons. The molecule has 0 aliphatic rings. The Kier molecular flexibility index (Phi) is 2.26. The second-order valence-corrected chi connectivity index (χ2v) is 3.26. The maximum Gasteiger partial charge on any atom is 0.148 e. The maximum absolute atomic E-state index is 5.28. The van der Waals surface area contributed by atoms with Crippen molar-refractivity contribution >= 4 is 5.82 Å². The second kappa shape index (κ2) is 3.57. The first kappa shape index (κ1) is 8.87. The first-order valence-corrected chi connectivity index (χ1v) is 4.55. The summed E-state index contributed by atoms with van der Waals surface area (Å²) in [6.45, 7) is 2.04. The molecule has 0 radical (unpaired) electrons. The van der Waals surface area contributed by atoms with E-state index in [9.17, 15) is 0 Å². The molecule has 0 aliphatic carbocycles. The molecule has 4 nitrogen and oxygen atoms in total. The summed E-state index contributed by atoms with van der Waals surface area (Å²) < 4.78 is 7.04. The van der Waals surface area contributed by atoms with Crippen LogP contribution in [0, 0.1) is 0 Å². The van der Waals surface area contributed by atoms with Gasteiger partial charge in [0, 0.05) is 19.3 Å². The van der Waals surface area contributed by atoms with E-state index >= 15 is 0 Å². The van der Waals surface area contributed by atoms with Crippen molar-refractivity contribution in [3.05, 3.63) is 36.4 Å². The number of aryl methyl sites for hydroxylation is 1. The molecule has 1 unspecified atom stereocenters. The molecule has 0 aromatic carbocycles. The Morgan fingerprint density at radius 1 is 1.50 bits per heavy atom. The highest BCUT2D eigenvalue weighted by Crippen LogP contribution is 2.17. The molecule has 2 rings (SSSR count). The first-order chi connectivity index (χ1) is 6.75. The van der Waals surface area contributed by atoms with Crippen LogP contribution in [0.15, 0.2) is 35.1 Å². The minimum Gasteiger partial charge on any atom is -0.467 e. The average molecular weight is 191 g/mol. The third-order valence-electron chi connectivity index (χ3n) is 2.05. The van der Waals surface area contributed by atoms with Crippen molar-refractivity contribution in [2.24, 2.45) is 7.05 Å². The summed E-state index contributed by atoms with van der Waals surface area (Å²) in [6.07, 6.45) is 3.57. The SMILES string of the molecule is CC(Nc1ccn(C)n1)c1ccco1. The lowest BCUT2D eigenvalue weighted by atomic mass is 10.2. The lowest BCUT2D eigenvalue weighted by molar-refractivity contribution is 0.490. The summed E-state index contributed by atoms with van der Waals surface area (Å²) in [5.74, 6) is 1.77. The molecule has 2 aromatic heterocycles. The highest BCUT2D eigenvalue weighted by Gasteiger charge is 2.08. The number of hydrogen-bond donors (Lipinski definition) is 1. The number of nitrogens with one attached hydrogen (secondary N) is 1. The molecule has 1 N–H and O–H groups in total. The summed E-state index contributed by atoms with van der Waals surface area (Å²) in [4.78, 5) is 0. The molecule has 0 aliphatic heterocycles. The van der Waals surface area contributed by atoms with Gasteiger partial charge in [0.15, 0.2) is 0 Å². The minimum absolute atomic E-state index is 0.139. The van der Waals surface area contributed by atoms with Crippen molar-refractivity contribution < 1.29 is 4.42 Å². The third kappa shape index (κ3) is 1.79. The lowest BCUT2D eigenvalue weighted by Gasteiger charge is -2.09. The molecule has 1 atom stereocenters. The smallest absolute Gasteiger partial charge is 0.148 e. The second-order valence-electron chi connectivity index (χ2n) is 3.26. The molecule has 14 heavy (non-hydrogen) atoms. The van der Waals surface area contributed by atoms with Crippen LogP contribution in [0.2, 0.25) is 0 Å². The van der Waals surface area contributed by atoms with E-state index in [1.165, 1.54) is 0 Å². The maximum atomic E-state index is 5.28. The summed E-state index contributed by atoms with van der Waals surface area (Å²) in [5.41, 5.74) is 0. The Morgan fingerprint density at radius 2 is 2.36 bits per heavy atom. The van der Waals surface area contributed by atoms with Crippen LogP contribution in [0.4, 0.5) is 5.82 Å². The van der Waals surface area contributed by atoms with Gasteiger partial charge in [0.2, 0.25) is 0 Å². The summed E-state index contributed by atoms with van der Waals surface area (Å²) in [6, 6.07) is 5.89. The predicted octanol–water partition coefficient (Wildman–Crippen LogP) is 2.19. The van der Waals surface area contributed by atoms with E-state index < -0.39 is 0 Å². The van der Waals surface area contributed by atoms with Crippen LogP contribution < -0.4 is 5.32 Å². The standard InChI is InChI=1S/C10H13N3O/c1-8(9-4-3-7-14-9)11-10-5-6-13(2)12-10/h3-8H,1-2H3,(H,11,12). The summed E-state index contributed by atoms with van der Waals surface area (Å²) >= 11 is 0. The van der Waals surface area contributed by atoms with E-state index in [2.05, 4.69) is 10.4 Å². The van der Waals surface area contributed by atoms with Crippen LogP contribution in [0.5, 0.6) is 0 Å². The van der Waals surface area contributed by atoms with Crippen molar-refractivity contribution in [2.75, 3.05) is 5.32 Å². The van der Waals surface area contributed by atoms with Gasteiger partial charge in [-0.2, -0.15) is 5.10 Å². The minimum atomic E-state index is 0.139. The molecule has 0 spiro atoms. The van der Waals surface area contributed by atoms with Gasteiger partial charge in [0.25, 0.3) is 0 Å². The topological polar surface area (TPSA) is 43.0 Å². The highest BCUT2D eigenvalue weighted by atomic mass is 16.3. The molecule has 0 amide bonds. The fourth-order valence-electron chi connectivity index (χ4n) is 1.32. The van der Waals surface area contributed by atoms with Crippen LogP contribution in [0.25, 0.3) is 0 Å². The van der Waals surface area contributed by atoms with Gasteiger partial charge in [-0.05, 0) is 19.1 Å². The van der Waals surface area contributed by atoms with Crippen LogP contribution >= 0.6 is 0 Å². The summed E-state index contributed by atoms with van der Waals surface area (Å²) in [7, 11) is 1.89. The molecule has 0 saturated heterocycles. The van der Waals surface area contributed by atoms with E-state index in [4.69, 9.17) is 4.42 Å². The van der Waals surface area contributed by atoms with Gasteiger partial charge in [0.05, 0.1) is 12.3 Å². The number of rotatable bonds is 3. The lowest BCUT2D eigenvalue weighted by Crippen LogP contribution is -2.06. The zero-order valence-corrected chi connectivity index (χ0v) is 8.27. The van der Waals surface area contributed by atoms with Gasteiger partial charge < -0.3 is 9.73 Å². The molecule has 0 saturated carbocycles. The van der Waals surface area contributed by atoms with Gasteiger partial charge in [0.1, 0.15) is 11.6 Å². The van der Waals surface area contributed by atoms with E-state index in [0.717, 1.165) is 11.6 Å². The van der Waals surface area contributed by atoms with Crippen molar-refractivity contribution in [3.63, 3.8) is 0 Å². The van der Waals surface area contributed by atoms with Gasteiger partial charge in [-0.15, -0.1) is 0 Å². The van der Waals surface area contributed by atoms with E-state index in [-0.39, 0.29) is 6.04 Å². The van der Waals surface area contributed by atoms with Gasteiger partial charge in [-0.1, -0.05) is 0 Å². The highest BCUT2D eigenvalue weighted by molar-refractivity contribution is 5.34. The Hall–Kier alpha value is -1.71. The molecule has 4 heteroatoms. The first-order valence-electron chi connectivity index (χ1n) is 4.55. The van der Waals surface area contributed by atoms with Crippen molar-refractivity contribution in [3.8, 4) is 0 Å². The van der Waals surface area contributed by atoms with Gasteiger partial charge in [-0.25, -0.2) is 0 Å². The molecule has 2 aromatic rings. The quantitative estimate of drug-likeness (QED) is 0.808. The van der Waals surface area contributed by atoms with Crippen LogP contribution in [0.1, 0.15) is 18.7 Å². The number of furan rings is 1. The largest absolute Gasteiger partial charge is 0.467 e. The van der Waals surface area contributed by atoms with Gasteiger partial charge in [-0.3, -0.25) is 4.68 Å². The molecule has 2 heterocycles. The Bertz CT molecular complexity index is 391. The number of aromatic nitrogens is 2. The number of anilines is 1. The van der Waals surface area contributed by atoms with E-state index in [0.29, 0.717) is 0 Å². The molecule has 0 bridgehead atoms. The molecular formula is C10H13N3O. The van der Waals surface area contributed by atoms with Crippen LogP contribution in [-0.2, 0) is 7.05 Å². The van der Waals surface area contributed by atoms with Crippen molar-refractivity contribution in [2.45, 2.75) is 13.0 Å². The van der Waals surface area contributed by atoms with Crippen LogP contribution in [0.3, 0.4) is 0 Å². The molecular weight excluding hydrogens is 178 g/mol. The number of nitrogens with zero attached hydrogens (tertiary/aromatic N) is 2. The Morgan fingerprint density at radius 3 is 2.93 bits per heavy atom. The van der Waals surface area contributed by atoms with E-state index in [1.807, 2.05) is 38.4 Å². The Labute approximate surface area is 82.5 Å². The Balaban J connectivity index is 2.05. The monoisotopic (exact) mass is 191 g/mol. The van der Waals surface area contributed by atoms with Crippen molar-refractivity contribution in [1.29, 1.82) is 0 Å². The van der Waals surface area contributed by atoms with Gasteiger partial charge >= 0.3 is 0 Å². The summed E-state index contributed by atoms with van der Waals surface area (Å²) in [5, 5.41) is 7.46. The predicted molar refractivity (Wildman–Crippen MR) is 54.0 cm³/mol. The fraction of sp³-hybridized carbons (Fsp3) is 0.300. The molecule has 0 fully saturated rings. The average Bonchev–Trinajstić information content (AvgIpc) is 2.75. The normalized spacial score (nSPS) is 12.7. The fourth-order valence-corrected chi connectivity index (χ4v) is 1.32. The van der Waals surface area contributed by atoms with E-state index in [1.54, 1.807) is 10.9 Å².